The topological polar surface area (TPSA) is 80.3 Å². The second-order valence-electron chi connectivity index (χ2n) is 11.8. The maximum atomic E-state index is 15.3. The van der Waals surface area contributed by atoms with Crippen molar-refractivity contribution in [1.82, 2.24) is 15.1 Å². The molecular weight excluding hydrogens is 573 g/mol. The van der Waals surface area contributed by atoms with Gasteiger partial charge < -0.3 is 29.3 Å². The quantitative estimate of drug-likeness (QED) is 0.352. The molecule has 8 nitrogen and oxygen atoms in total. The number of rotatable bonds is 11. The number of carbonyl (C=O) groups is 2. The summed E-state index contributed by atoms with van der Waals surface area (Å²) in [7, 11) is 1.63. The van der Waals surface area contributed by atoms with Gasteiger partial charge in [0.1, 0.15) is 11.6 Å². The van der Waals surface area contributed by atoms with Crippen LogP contribution >= 0.6 is 12.4 Å². The molecule has 0 saturated carbocycles. The molecule has 0 aromatic heterocycles. The standard InChI is InChI=1S/C33H46FN3O5.ClH/c1-22(2)37(27-8-6-13-35-19-27)32(38)17-25-9-11-28(31(16-25)41-15-7-14-40-5)29-18-26(10-12-30(29)34)33(39)36-20-23(3)42-24(4)21-36;/h9-12,16,18,22-24,27,35H,6-8,13-15,17,19-21H2,1-5H3;1H/t23-,24+,27-;/m1./s1. The Morgan fingerprint density at radius 2 is 1.84 bits per heavy atom. The van der Waals surface area contributed by atoms with Crippen LogP contribution in [0.5, 0.6) is 5.75 Å². The summed E-state index contributed by atoms with van der Waals surface area (Å²) in [4.78, 5) is 30.7. The summed E-state index contributed by atoms with van der Waals surface area (Å²) in [6, 6.07) is 10.2. The Morgan fingerprint density at radius 3 is 2.49 bits per heavy atom. The van der Waals surface area contributed by atoms with E-state index >= 15 is 4.39 Å². The minimum Gasteiger partial charge on any atom is -0.493 e. The lowest BCUT2D eigenvalue weighted by molar-refractivity contribution is -0.135. The van der Waals surface area contributed by atoms with E-state index in [4.69, 9.17) is 14.2 Å². The van der Waals surface area contributed by atoms with Gasteiger partial charge in [-0.2, -0.15) is 0 Å². The molecule has 2 aliphatic heterocycles. The number of hydrogen-bond acceptors (Lipinski definition) is 6. The normalized spacial score (nSPS) is 20.4. The van der Waals surface area contributed by atoms with Crippen molar-refractivity contribution in [2.45, 2.75) is 77.7 Å². The third-order valence-electron chi connectivity index (χ3n) is 7.87. The van der Waals surface area contributed by atoms with E-state index in [1.54, 1.807) is 24.1 Å². The van der Waals surface area contributed by atoms with Crippen molar-refractivity contribution in [1.29, 1.82) is 0 Å². The second kappa shape index (κ2) is 16.4. The molecule has 0 bridgehead atoms. The lowest BCUT2D eigenvalue weighted by atomic mass is 9.97. The van der Waals surface area contributed by atoms with Crippen LogP contribution in [0.25, 0.3) is 11.1 Å². The monoisotopic (exact) mass is 619 g/mol. The van der Waals surface area contributed by atoms with Gasteiger partial charge in [-0.15, -0.1) is 12.4 Å². The number of nitrogens with zero attached hydrogens (tertiary/aromatic N) is 2. The molecule has 238 valence electrons. The van der Waals surface area contributed by atoms with Gasteiger partial charge in [-0.25, -0.2) is 4.39 Å². The van der Waals surface area contributed by atoms with E-state index in [0.717, 1.165) is 31.5 Å². The number of halogens is 2. The van der Waals surface area contributed by atoms with Crippen LogP contribution in [0.3, 0.4) is 0 Å². The molecule has 3 atom stereocenters. The van der Waals surface area contributed by atoms with Crippen LogP contribution in [0, 0.1) is 5.82 Å². The summed E-state index contributed by atoms with van der Waals surface area (Å²) in [5.74, 6) is -0.0703. The number of nitrogens with one attached hydrogen (secondary N) is 1. The zero-order valence-corrected chi connectivity index (χ0v) is 26.9. The van der Waals surface area contributed by atoms with Gasteiger partial charge in [0.05, 0.1) is 25.2 Å². The Hall–Kier alpha value is -2.72. The van der Waals surface area contributed by atoms with Gasteiger partial charge in [0.25, 0.3) is 5.91 Å². The highest BCUT2D eigenvalue weighted by Gasteiger charge is 2.29. The maximum absolute atomic E-state index is 15.3. The highest BCUT2D eigenvalue weighted by Crippen LogP contribution is 2.34. The molecule has 2 aromatic carbocycles. The van der Waals surface area contributed by atoms with E-state index in [1.807, 2.05) is 30.9 Å². The van der Waals surface area contributed by atoms with Gasteiger partial charge in [-0.3, -0.25) is 9.59 Å². The first-order valence-electron chi connectivity index (χ1n) is 15.2. The van der Waals surface area contributed by atoms with Crippen LogP contribution in [0.2, 0.25) is 0 Å². The minimum absolute atomic E-state index is 0. The minimum atomic E-state index is -0.448. The zero-order chi connectivity index (χ0) is 30.2. The Bertz CT molecular complexity index is 1210. The number of carbonyl (C=O) groups excluding carboxylic acids is 2. The average molecular weight is 620 g/mol. The van der Waals surface area contributed by atoms with Crippen molar-refractivity contribution in [3.63, 3.8) is 0 Å². The van der Waals surface area contributed by atoms with Gasteiger partial charge in [0, 0.05) is 68.5 Å². The number of benzene rings is 2. The molecule has 2 saturated heterocycles. The summed E-state index contributed by atoms with van der Waals surface area (Å²) in [5, 5.41) is 3.41. The molecule has 0 spiro atoms. The van der Waals surface area contributed by atoms with E-state index < -0.39 is 5.82 Å². The Kier molecular flexibility index (Phi) is 13.2. The number of hydrogen-bond donors (Lipinski definition) is 1. The molecule has 2 amide bonds. The van der Waals surface area contributed by atoms with Crippen LogP contribution in [0.15, 0.2) is 36.4 Å². The molecule has 2 aromatic rings. The fraction of sp³-hybridized carbons (Fsp3) is 0.576. The lowest BCUT2D eigenvalue weighted by Gasteiger charge is -2.37. The van der Waals surface area contributed by atoms with Crippen molar-refractivity contribution in [2.75, 3.05) is 46.5 Å². The number of ether oxygens (including phenoxy) is 3. The third kappa shape index (κ3) is 9.14. The summed E-state index contributed by atoms with van der Waals surface area (Å²) in [6.07, 6.45) is 2.77. The molecule has 2 heterocycles. The lowest BCUT2D eigenvalue weighted by Crippen LogP contribution is -2.52. The summed E-state index contributed by atoms with van der Waals surface area (Å²) >= 11 is 0. The van der Waals surface area contributed by atoms with Crippen LogP contribution in [0.4, 0.5) is 4.39 Å². The molecule has 2 aliphatic rings. The van der Waals surface area contributed by atoms with Gasteiger partial charge >= 0.3 is 0 Å². The predicted molar refractivity (Wildman–Crippen MR) is 169 cm³/mol. The first kappa shape index (κ1) is 34.8. The predicted octanol–water partition coefficient (Wildman–Crippen LogP) is 5.11. The molecule has 10 heteroatoms. The first-order valence-corrected chi connectivity index (χ1v) is 15.2. The summed E-state index contributed by atoms with van der Waals surface area (Å²) in [5.41, 5.74) is 2.03. The molecular formula is C33H47ClFN3O5. The van der Waals surface area contributed by atoms with Crippen LogP contribution in [-0.4, -0.2) is 92.4 Å². The summed E-state index contributed by atoms with van der Waals surface area (Å²) < 4.78 is 32.4. The largest absolute Gasteiger partial charge is 0.493 e. The maximum Gasteiger partial charge on any atom is 0.254 e. The van der Waals surface area contributed by atoms with Gasteiger partial charge in [0.15, 0.2) is 0 Å². The number of piperidine rings is 1. The van der Waals surface area contributed by atoms with Crippen molar-refractivity contribution in [2.24, 2.45) is 0 Å². The highest BCUT2D eigenvalue weighted by atomic mass is 35.5. The smallest absolute Gasteiger partial charge is 0.254 e. The third-order valence-corrected chi connectivity index (χ3v) is 7.87. The number of methoxy groups -OCH3 is 1. The van der Waals surface area contributed by atoms with Crippen LogP contribution < -0.4 is 10.1 Å². The molecule has 0 aliphatic carbocycles. The molecule has 2 fully saturated rings. The molecule has 4 rings (SSSR count). The zero-order valence-electron chi connectivity index (χ0n) is 26.1. The molecule has 0 unspecified atom stereocenters. The second-order valence-corrected chi connectivity index (χ2v) is 11.8. The van der Waals surface area contributed by atoms with Crippen molar-refractivity contribution >= 4 is 24.2 Å². The van der Waals surface area contributed by atoms with Crippen molar-refractivity contribution < 1.29 is 28.2 Å². The van der Waals surface area contributed by atoms with E-state index in [0.29, 0.717) is 49.6 Å². The van der Waals surface area contributed by atoms with E-state index in [-0.39, 0.29) is 60.5 Å². The van der Waals surface area contributed by atoms with Gasteiger partial charge in [0.2, 0.25) is 5.91 Å². The molecule has 1 N–H and O–H groups in total. The van der Waals surface area contributed by atoms with E-state index in [1.165, 1.54) is 12.1 Å². The highest BCUT2D eigenvalue weighted by molar-refractivity contribution is 5.96. The van der Waals surface area contributed by atoms with Crippen LogP contribution in [-0.2, 0) is 20.7 Å². The van der Waals surface area contributed by atoms with Gasteiger partial charge in [-0.1, -0.05) is 12.1 Å². The van der Waals surface area contributed by atoms with Gasteiger partial charge in [-0.05, 0) is 76.9 Å². The fourth-order valence-corrected chi connectivity index (χ4v) is 6.05. The van der Waals surface area contributed by atoms with Crippen molar-refractivity contribution in [3.8, 4) is 16.9 Å². The average Bonchev–Trinajstić information content (AvgIpc) is 2.95. The SMILES string of the molecule is COCCCOc1cc(CC(=O)N(C(C)C)[C@@H]2CCCNC2)ccc1-c1cc(C(=O)N2C[C@@H](C)O[C@@H](C)C2)ccc1F.Cl. The summed E-state index contributed by atoms with van der Waals surface area (Å²) in [6.45, 7) is 11.6. The van der Waals surface area contributed by atoms with E-state index in [2.05, 4.69) is 19.2 Å². The Balaban J connectivity index is 0.00000506. The Labute approximate surface area is 261 Å². The Morgan fingerprint density at radius 1 is 1.09 bits per heavy atom. The first-order chi connectivity index (χ1) is 20.2. The van der Waals surface area contributed by atoms with Crippen molar-refractivity contribution in [3.05, 3.63) is 53.3 Å². The molecule has 0 radical (unpaired) electrons. The molecule has 43 heavy (non-hydrogen) atoms. The van der Waals surface area contributed by atoms with Crippen LogP contribution in [0.1, 0.15) is 62.9 Å². The number of morpholine rings is 1. The van der Waals surface area contributed by atoms with E-state index in [9.17, 15) is 9.59 Å². The number of amides is 2. The fourth-order valence-electron chi connectivity index (χ4n) is 6.05.